The van der Waals surface area contributed by atoms with Gasteiger partial charge in [-0.3, -0.25) is 4.79 Å². The summed E-state index contributed by atoms with van der Waals surface area (Å²) in [5.41, 5.74) is 0. The summed E-state index contributed by atoms with van der Waals surface area (Å²) in [6.07, 6.45) is -0.460. The Balaban J connectivity index is 2.60. The molecule has 0 aliphatic rings. The highest BCUT2D eigenvalue weighted by Gasteiger charge is 2.04. The average Bonchev–Trinajstić information content (AvgIpc) is 2.86. The molecule has 1 aromatic heterocycles. The molecule has 0 fully saturated rings. The summed E-state index contributed by atoms with van der Waals surface area (Å²) in [5, 5.41) is 0. The van der Waals surface area contributed by atoms with Gasteiger partial charge in [0, 0.05) is 14.0 Å². The van der Waals surface area contributed by atoms with Crippen molar-refractivity contribution >= 4 is 17.3 Å². The molecule has 1 atom stereocenters. The maximum absolute atomic E-state index is 10.7. The van der Waals surface area contributed by atoms with E-state index in [9.17, 15) is 4.79 Å². The van der Waals surface area contributed by atoms with E-state index in [1.54, 1.807) is 6.92 Å². The van der Waals surface area contributed by atoms with Gasteiger partial charge in [-0.2, -0.15) is 0 Å². The quantitative estimate of drug-likeness (QED) is 0.630. The van der Waals surface area contributed by atoms with Crippen LogP contribution in [0.25, 0.3) is 0 Å². The lowest BCUT2D eigenvalue weighted by molar-refractivity contribution is -0.143. The Kier molecular flexibility index (Phi) is 7.01. The van der Waals surface area contributed by atoms with Crippen molar-refractivity contribution in [3.05, 3.63) is 21.9 Å². The van der Waals surface area contributed by atoms with E-state index >= 15 is 0 Å². The number of ether oxygens (including phenoxy) is 2. The fourth-order valence-electron chi connectivity index (χ4n) is 1.17. The Bertz CT molecular complexity index is 638. The van der Waals surface area contributed by atoms with Gasteiger partial charge in [0.25, 0.3) is 0 Å². The number of esters is 1. The summed E-state index contributed by atoms with van der Waals surface area (Å²) in [5.74, 6) is 16.6. The van der Waals surface area contributed by atoms with Crippen molar-refractivity contribution in [2.75, 3.05) is 13.7 Å². The number of carbonyl (C=O) groups is 1. The summed E-state index contributed by atoms with van der Waals surface area (Å²) < 4.78 is 9.87. The van der Waals surface area contributed by atoms with Gasteiger partial charge in [-0.05, 0) is 36.8 Å². The Hall–Kier alpha value is -2.19. The van der Waals surface area contributed by atoms with E-state index in [1.807, 2.05) is 12.1 Å². The van der Waals surface area contributed by atoms with E-state index in [-0.39, 0.29) is 12.6 Å². The molecule has 1 rings (SSSR count). The molecule has 0 radical (unpaired) electrons. The number of methoxy groups -OCH3 is 1. The fraction of sp³-hybridized carbons (Fsp3) is 0.312. The van der Waals surface area contributed by atoms with Crippen molar-refractivity contribution in [1.82, 2.24) is 0 Å². The van der Waals surface area contributed by atoms with Crippen LogP contribution in [-0.4, -0.2) is 25.8 Å². The van der Waals surface area contributed by atoms with Crippen LogP contribution in [0.5, 0.6) is 0 Å². The van der Waals surface area contributed by atoms with E-state index < -0.39 is 6.10 Å². The van der Waals surface area contributed by atoms with Crippen molar-refractivity contribution in [1.29, 1.82) is 0 Å². The molecule has 4 heteroatoms. The smallest absolute Gasteiger partial charge is 0.302 e. The molecule has 0 bridgehead atoms. The minimum atomic E-state index is -0.460. The minimum Gasteiger partial charge on any atom is -0.462 e. The first-order chi connectivity index (χ1) is 9.65. The first-order valence-electron chi connectivity index (χ1n) is 5.86. The normalized spacial score (nSPS) is 9.95. The van der Waals surface area contributed by atoms with Gasteiger partial charge in [-0.1, -0.05) is 11.8 Å². The summed E-state index contributed by atoms with van der Waals surface area (Å²) in [7, 11) is 1.51. The second kappa shape index (κ2) is 8.83. The number of rotatable bonds is 3. The van der Waals surface area contributed by atoms with E-state index in [0.717, 1.165) is 9.75 Å². The van der Waals surface area contributed by atoms with Crippen molar-refractivity contribution in [2.24, 2.45) is 0 Å². The van der Waals surface area contributed by atoms with Gasteiger partial charge >= 0.3 is 5.97 Å². The van der Waals surface area contributed by atoms with Gasteiger partial charge in [0.2, 0.25) is 0 Å². The van der Waals surface area contributed by atoms with Gasteiger partial charge in [0.05, 0.1) is 9.75 Å². The van der Waals surface area contributed by atoms with E-state index in [1.165, 1.54) is 25.4 Å². The van der Waals surface area contributed by atoms with Crippen LogP contribution in [0, 0.1) is 35.5 Å². The molecule has 0 saturated heterocycles. The van der Waals surface area contributed by atoms with Crippen molar-refractivity contribution < 1.29 is 14.3 Å². The first kappa shape index (κ1) is 15.9. The molecule has 0 N–H and O–H groups in total. The lowest BCUT2D eigenvalue weighted by Crippen LogP contribution is -2.17. The second-order valence-corrected chi connectivity index (χ2v) is 4.67. The number of hydrogen-bond acceptors (Lipinski definition) is 4. The lowest BCUT2D eigenvalue weighted by atomic mass is 10.3. The van der Waals surface area contributed by atoms with E-state index in [0.29, 0.717) is 0 Å². The van der Waals surface area contributed by atoms with Gasteiger partial charge in [0.15, 0.2) is 6.10 Å². The molecule has 1 heterocycles. The molecule has 1 aromatic rings. The molecule has 0 aromatic carbocycles. The Morgan fingerprint density at radius 1 is 1.30 bits per heavy atom. The molecule has 0 amide bonds. The standard InChI is InChI=1S/C16H14O3S/c1-4-7-15-10-11-16(20-15)9-6-5-8-14(18-3)12-19-13(2)17/h10-11,14H,12H2,1-3H3. The van der Waals surface area contributed by atoms with Crippen LogP contribution in [0.1, 0.15) is 23.6 Å². The highest BCUT2D eigenvalue weighted by atomic mass is 32.1. The maximum atomic E-state index is 10.7. The largest absolute Gasteiger partial charge is 0.462 e. The van der Waals surface area contributed by atoms with Crippen LogP contribution in [0.4, 0.5) is 0 Å². The highest BCUT2D eigenvalue weighted by Crippen LogP contribution is 2.13. The predicted molar refractivity (Wildman–Crippen MR) is 79.0 cm³/mol. The zero-order valence-corrected chi connectivity index (χ0v) is 12.4. The lowest BCUT2D eigenvalue weighted by Gasteiger charge is -2.07. The van der Waals surface area contributed by atoms with Crippen molar-refractivity contribution in [3.8, 4) is 35.5 Å². The Morgan fingerprint density at radius 3 is 2.60 bits per heavy atom. The number of thiophene rings is 1. The topological polar surface area (TPSA) is 35.5 Å². The Labute approximate surface area is 123 Å². The molecule has 0 aliphatic heterocycles. The van der Waals surface area contributed by atoms with Crippen LogP contribution >= 0.6 is 11.3 Å². The van der Waals surface area contributed by atoms with Gasteiger partial charge in [0.1, 0.15) is 6.61 Å². The molecular weight excluding hydrogens is 272 g/mol. The van der Waals surface area contributed by atoms with Crippen LogP contribution in [0.3, 0.4) is 0 Å². The first-order valence-corrected chi connectivity index (χ1v) is 6.67. The van der Waals surface area contributed by atoms with Gasteiger partial charge in [-0.15, -0.1) is 17.3 Å². The number of hydrogen-bond donors (Lipinski definition) is 0. The fourth-order valence-corrected chi connectivity index (χ4v) is 1.93. The number of carbonyl (C=O) groups excluding carboxylic acids is 1. The third-order valence-corrected chi connectivity index (χ3v) is 2.97. The summed E-state index contributed by atoms with van der Waals surface area (Å²) in [6, 6.07) is 3.84. The van der Waals surface area contributed by atoms with Crippen LogP contribution < -0.4 is 0 Å². The third kappa shape index (κ3) is 6.12. The third-order valence-electron chi connectivity index (χ3n) is 2.06. The van der Waals surface area contributed by atoms with Crippen LogP contribution in [0.2, 0.25) is 0 Å². The molecule has 20 heavy (non-hydrogen) atoms. The zero-order valence-electron chi connectivity index (χ0n) is 11.6. The zero-order chi connectivity index (χ0) is 14.8. The van der Waals surface area contributed by atoms with Crippen LogP contribution in [-0.2, 0) is 14.3 Å². The van der Waals surface area contributed by atoms with E-state index in [4.69, 9.17) is 9.47 Å². The highest BCUT2D eigenvalue weighted by molar-refractivity contribution is 7.13. The minimum absolute atomic E-state index is 0.107. The average molecular weight is 286 g/mol. The maximum Gasteiger partial charge on any atom is 0.302 e. The Morgan fingerprint density at radius 2 is 2.00 bits per heavy atom. The SMILES string of the molecule is CC#Cc1ccc(C#CC#CC(COC(C)=O)OC)s1. The molecule has 3 nitrogen and oxygen atoms in total. The van der Waals surface area contributed by atoms with Crippen LogP contribution in [0.15, 0.2) is 12.1 Å². The second-order valence-electron chi connectivity index (χ2n) is 3.59. The summed E-state index contributed by atoms with van der Waals surface area (Å²) in [4.78, 5) is 12.6. The monoisotopic (exact) mass is 286 g/mol. The van der Waals surface area contributed by atoms with Crippen molar-refractivity contribution in [2.45, 2.75) is 20.0 Å². The summed E-state index contributed by atoms with van der Waals surface area (Å²) in [6.45, 7) is 3.24. The molecule has 1 unspecified atom stereocenters. The summed E-state index contributed by atoms with van der Waals surface area (Å²) >= 11 is 1.52. The predicted octanol–water partition coefficient (Wildman–Crippen LogP) is 2.05. The molecule has 0 saturated carbocycles. The van der Waals surface area contributed by atoms with E-state index in [2.05, 4.69) is 35.5 Å². The van der Waals surface area contributed by atoms with Gasteiger partial charge in [-0.25, -0.2) is 0 Å². The molecule has 0 spiro atoms. The van der Waals surface area contributed by atoms with Crippen molar-refractivity contribution in [3.63, 3.8) is 0 Å². The molecule has 0 aliphatic carbocycles. The molecule has 102 valence electrons. The molecular formula is C16H14O3S. The van der Waals surface area contributed by atoms with Gasteiger partial charge < -0.3 is 9.47 Å².